The summed E-state index contributed by atoms with van der Waals surface area (Å²) >= 11 is 0. The van der Waals surface area contributed by atoms with Gasteiger partial charge in [-0.25, -0.2) is 4.98 Å². The normalized spacial score (nSPS) is 12.7. The number of aryl methyl sites for hydroxylation is 1. The van der Waals surface area contributed by atoms with E-state index in [9.17, 15) is 5.11 Å². The SMILES string of the molecule is Cc1ccccc1CC(O)Cn1cnc2ccccc21. The lowest BCUT2D eigenvalue weighted by Crippen LogP contribution is -2.18. The first kappa shape index (κ1) is 12.9. The summed E-state index contributed by atoms with van der Waals surface area (Å²) in [5, 5.41) is 10.3. The number of aromatic nitrogens is 2. The number of hydrogen-bond acceptors (Lipinski definition) is 2. The second-order valence-electron chi connectivity index (χ2n) is 5.17. The van der Waals surface area contributed by atoms with E-state index < -0.39 is 6.10 Å². The summed E-state index contributed by atoms with van der Waals surface area (Å²) in [7, 11) is 0. The van der Waals surface area contributed by atoms with Crippen LogP contribution in [0.1, 0.15) is 11.1 Å². The molecule has 102 valence electrons. The Morgan fingerprint density at radius 1 is 1.10 bits per heavy atom. The van der Waals surface area contributed by atoms with Gasteiger partial charge in [-0.05, 0) is 30.2 Å². The highest BCUT2D eigenvalue weighted by molar-refractivity contribution is 5.74. The number of rotatable bonds is 4. The number of imidazole rings is 1. The van der Waals surface area contributed by atoms with E-state index in [1.807, 2.05) is 41.0 Å². The second kappa shape index (κ2) is 5.47. The van der Waals surface area contributed by atoms with Gasteiger partial charge in [-0.15, -0.1) is 0 Å². The zero-order chi connectivity index (χ0) is 13.9. The minimum atomic E-state index is -0.409. The van der Waals surface area contributed by atoms with Crippen LogP contribution >= 0.6 is 0 Å². The number of fused-ring (bicyclic) bond motifs is 1. The van der Waals surface area contributed by atoms with E-state index >= 15 is 0 Å². The van der Waals surface area contributed by atoms with Gasteiger partial charge in [0.25, 0.3) is 0 Å². The van der Waals surface area contributed by atoms with Crippen molar-refractivity contribution < 1.29 is 5.11 Å². The maximum absolute atomic E-state index is 10.3. The van der Waals surface area contributed by atoms with Crippen molar-refractivity contribution in [1.29, 1.82) is 0 Å². The summed E-state index contributed by atoms with van der Waals surface area (Å²) < 4.78 is 2.01. The molecule has 0 saturated heterocycles. The number of aliphatic hydroxyl groups excluding tert-OH is 1. The van der Waals surface area contributed by atoms with Gasteiger partial charge in [0.15, 0.2) is 0 Å². The quantitative estimate of drug-likeness (QED) is 0.788. The fourth-order valence-corrected chi connectivity index (χ4v) is 2.54. The van der Waals surface area contributed by atoms with Crippen molar-refractivity contribution in [2.45, 2.75) is 26.0 Å². The first-order valence-electron chi connectivity index (χ1n) is 6.86. The van der Waals surface area contributed by atoms with Crippen LogP contribution in [-0.4, -0.2) is 20.8 Å². The zero-order valence-electron chi connectivity index (χ0n) is 11.5. The van der Waals surface area contributed by atoms with Crippen molar-refractivity contribution in [3.63, 3.8) is 0 Å². The summed E-state index contributed by atoms with van der Waals surface area (Å²) in [5.74, 6) is 0. The number of nitrogens with zero attached hydrogens (tertiary/aromatic N) is 2. The van der Waals surface area contributed by atoms with Gasteiger partial charge in [-0.2, -0.15) is 0 Å². The summed E-state index contributed by atoms with van der Waals surface area (Å²) in [5.41, 5.74) is 4.46. The van der Waals surface area contributed by atoms with E-state index in [1.54, 1.807) is 6.33 Å². The molecule has 0 amide bonds. The molecule has 3 aromatic rings. The third-order valence-corrected chi connectivity index (χ3v) is 3.65. The Bertz CT molecular complexity index is 718. The van der Waals surface area contributed by atoms with Crippen LogP contribution in [0, 0.1) is 6.92 Å². The van der Waals surface area contributed by atoms with Gasteiger partial charge in [0, 0.05) is 6.42 Å². The van der Waals surface area contributed by atoms with E-state index in [1.165, 1.54) is 11.1 Å². The highest BCUT2D eigenvalue weighted by Gasteiger charge is 2.10. The number of hydrogen-bond donors (Lipinski definition) is 1. The Kier molecular flexibility index (Phi) is 3.52. The van der Waals surface area contributed by atoms with E-state index in [0.29, 0.717) is 13.0 Å². The number of benzene rings is 2. The van der Waals surface area contributed by atoms with Gasteiger partial charge in [-0.1, -0.05) is 36.4 Å². The van der Waals surface area contributed by atoms with Gasteiger partial charge >= 0.3 is 0 Å². The lowest BCUT2D eigenvalue weighted by atomic mass is 10.0. The molecule has 0 aliphatic carbocycles. The van der Waals surface area contributed by atoms with E-state index in [4.69, 9.17) is 0 Å². The highest BCUT2D eigenvalue weighted by atomic mass is 16.3. The van der Waals surface area contributed by atoms with Gasteiger partial charge in [0.2, 0.25) is 0 Å². The lowest BCUT2D eigenvalue weighted by Gasteiger charge is -2.13. The predicted octanol–water partition coefficient (Wildman–Crippen LogP) is 2.95. The Labute approximate surface area is 118 Å². The van der Waals surface area contributed by atoms with Crippen LogP contribution < -0.4 is 0 Å². The smallest absolute Gasteiger partial charge is 0.0959 e. The molecule has 20 heavy (non-hydrogen) atoms. The molecule has 3 nitrogen and oxygen atoms in total. The minimum absolute atomic E-state index is 0.409. The van der Waals surface area contributed by atoms with Crippen LogP contribution in [0.25, 0.3) is 11.0 Å². The van der Waals surface area contributed by atoms with Gasteiger partial charge in [-0.3, -0.25) is 0 Å². The van der Waals surface area contributed by atoms with Crippen molar-refractivity contribution in [1.82, 2.24) is 9.55 Å². The van der Waals surface area contributed by atoms with Crippen LogP contribution in [0.3, 0.4) is 0 Å². The highest BCUT2D eigenvalue weighted by Crippen LogP contribution is 2.15. The molecule has 0 aliphatic rings. The van der Waals surface area contributed by atoms with Crippen molar-refractivity contribution >= 4 is 11.0 Å². The zero-order valence-corrected chi connectivity index (χ0v) is 11.5. The van der Waals surface area contributed by atoms with Crippen molar-refractivity contribution in [2.75, 3.05) is 0 Å². The molecule has 1 N–H and O–H groups in total. The molecule has 2 aromatic carbocycles. The summed E-state index contributed by atoms with van der Waals surface area (Å²) in [6.45, 7) is 2.64. The van der Waals surface area contributed by atoms with Crippen LogP contribution in [0.5, 0.6) is 0 Å². The molecule has 1 heterocycles. The van der Waals surface area contributed by atoms with Gasteiger partial charge in [0.05, 0.1) is 30.0 Å². The predicted molar refractivity (Wildman–Crippen MR) is 80.6 cm³/mol. The third kappa shape index (κ3) is 2.58. The molecule has 0 spiro atoms. The van der Waals surface area contributed by atoms with Crippen molar-refractivity contribution in [2.24, 2.45) is 0 Å². The van der Waals surface area contributed by atoms with E-state index in [-0.39, 0.29) is 0 Å². The van der Waals surface area contributed by atoms with Crippen molar-refractivity contribution in [3.8, 4) is 0 Å². The maximum atomic E-state index is 10.3. The fraction of sp³-hybridized carbons (Fsp3) is 0.235. The molecular formula is C17H18N2O. The Morgan fingerprint density at radius 2 is 1.85 bits per heavy atom. The average molecular weight is 266 g/mol. The number of aliphatic hydroxyl groups is 1. The monoisotopic (exact) mass is 266 g/mol. The van der Waals surface area contributed by atoms with Crippen LogP contribution in [-0.2, 0) is 13.0 Å². The maximum Gasteiger partial charge on any atom is 0.0959 e. The van der Waals surface area contributed by atoms with Crippen LogP contribution in [0.4, 0.5) is 0 Å². The molecule has 3 heteroatoms. The van der Waals surface area contributed by atoms with Crippen molar-refractivity contribution in [3.05, 3.63) is 66.0 Å². The summed E-state index contributed by atoms with van der Waals surface area (Å²) in [4.78, 5) is 4.35. The first-order chi connectivity index (χ1) is 9.74. The third-order valence-electron chi connectivity index (χ3n) is 3.65. The fourth-order valence-electron chi connectivity index (χ4n) is 2.54. The Hall–Kier alpha value is -2.13. The topological polar surface area (TPSA) is 38.0 Å². The Morgan fingerprint density at radius 3 is 2.70 bits per heavy atom. The molecule has 1 unspecified atom stereocenters. The minimum Gasteiger partial charge on any atom is -0.391 e. The lowest BCUT2D eigenvalue weighted by molar-refractivity contribution is 0.155. The largest absolute Gasteiger partial charge is 0.391 e. The molecule has 0 fully saturated rings. The molecule has 1 aromatic heterocycles. The van der Waals surface area contributed by atoms with Gasteiger partial charge < -0.3 is 9.67 Å². The molecule has 0 radical (unpaired) electrons. The van der Waals surface area contributed by atoms with E-state index in [2.05, 4.69) is 24.0 Å². The second-order valence-corrected chi connectivity index (χ2v) is 5.17. The summed E-state index contributed by atoms with van der Waals surface area (Å²) in [6.07, 6.45) is 2.05. The van der Waals surface area contributed by atoms with E-state index in [0.717, 1.165) is 11.0 Å². The molecular weight excluding hydrogens is 248 g/mol. The van der Waals surface area contributed by atoms with Crippen LogP contribution in [0.2, 0.25) is 0 Å². The molecule has 1 atom stereocenters. The molecule has 0 saturated carbocycles. The summed E-state index contributed by atoms with van der Waals surface area (Å²) in [6, 6.07) is 16.2. The van der Waals surface area contributed by atoms with Crippen LogP contribution in [0.15, 0.2) is 54.9 Å². The molecule has 0 aliphatic heterocycles. The molecule has 3 rings (SSSR count). The molecule has 0 bridgehead atoms. The van der Waals surface area contributed by atoms with Gasteiger partial charge in [0.1, 0.15) is 0 Å². The first-order valence-corrected chi connectivity index (χ1v) is 6.86. The standard InChI is InChI=1S/C17H18N2O/c1-13-6-2-3-7-14(13)10-15(20)11-19-12-18-16-8-4-5-9-17(16)19/h2-9,12,15,20H,10-11H2,1H3. The average Bonchev–Trinajstić information content (AvgIpc) is 2.85. The number of para-hydroxylation sites is 2. The Balaban J connectivity index is 1.76.